The Morgan fingerprint density at radius 3 is 2.96 bits per heavy atom. The van der Waals surface area contributed by atoms with E-state index in [0.29, 0.717) is 17.9 Å². The average molecular weight is 305 g/mol. The number of phenols is 1. The first-order valence-electron chi connectivity index (χ1n) is 7.09. The first kappa shape index (κ1) is 14.7. The van der Waals surface area contributed by atoms with E-state index in [1.165, 1.54) is 7.11 Å². The van der Waals surface area contributed by atoms with E-state index >= 15 is 0 Å². The van der Waals surface area contributed by atoms with Crippen LogP contribution in [0.15, 0.2) is 54.4 Å². The minimum absolute atomic E-state index is 0.0729. The lowest BCUT2D eigenvalue weighted by Crippen LogP contribution is -1.98. The minimum Gasteiger partial charge on any atom is -0.504 e. The molecule has 1 heterocycles. The zero-order valence-corrected chi connectivity index (χ0v) is 12.6. The number of allylic oxidation sites excluding steroid dienone is 1. The summed E-state index contributed by atoms with van der Waals surface area (Å²) in [5.41, 5.74) is 3.26. The number of methoxy groups -OCH3 is 1. The summed E-state index contributed by atoms with van der Waals surface area (Å²) in [5, 5.41) is 19.0. The Morgan fingerprint density at radius 2 is 2.17 bits per heavy atom. The predicted molar refractivity (Wildman–Crippen MR) is 88.0 cm³/mol. The Kier molecular flexibility index (Phi) is 3.98. The number of para-hydroxylation sites is 2. The van der Waals surface area contributed by atoms with E-state index < -0.39 is 0 Å². The maximum atomic E-state index is 9.63. The smallest absolute Gasteiger partial charge is 0.161 e. The van der Waals surface area contributed by atoms with E-state index in [2.05, 4.69) is 11.1 Å². The number of nitrogens with zero attached hydrogens (tertiary/aromatic N) is 3. The molecule has 1 N–H and O–H groups in total. The normalized spacial score (nSPS) is 11.4. The lowest BCUT2D eigenvalue weighted by Gasteiger charge is -2.06. The van der Waals surface area contributed by atoms with Crippen molar-refractivity contribution in [2.24, 2.45) is 0 Å². The maximum absolute atomic E-state index is 9.63. The molecule has 0 aliphatic rings. The van der Waals surface area contributed by atoms with Gasteiger partial charge in [-0.25, -0.2) is 4.98 Å². The number of aromatic hydroxyl groups is 1. The van der Waals surface area contributed by atoms with Gasteiger partial charge in [0, 0.05) is 5.57 Å². The van der Waals surface area contributed by atoms with Crippen LogP contribution in [-0.2, 0) is 6.54 Å². The Labute approximate surface area is 133 Å². The quantitative estimate of drug-likeness (QED) is 0.750. The van der Waals surface area contributed by atoms with Crippen molar-refractivity contribution in [2.45, 2.75) is 6.54 Å². The number of aromatic nitrogens is 2. The second kappa shape index (κ2) is 6.24. The third-order valence-electron chi connectivity index (χ3n) is 3.56. The predicted octanol–water partition coefficient (Wildman–Crippen LogP) is 3.36. The third kappa shape index (κ3) is 3.01. The summed E-state index contributed by atoms with van der Waals surface area (Å²) < 4.78 is 7.02. The van der Waals surface area contributed by atoms with Gasteiger partial charge in [-0.2, -0.15) is 5.26 Å². The first-order valence-corrected chi connectivity index (χ1v) is 7.09. The Bertz CT molecular complexity index is 919. The molecule has 114 valence electrons. The number of nitriles is 1. The summed E-state index contributed by atoms with van der Waals surface area (Å²) in [7, 11) is 1.49. The van der Waals surface area contributed by atoms with Crippen LogP contribution in [-0.4, -0.2) is 21.8 Å². The molecule has 0 fully saturated rings. The highest BCUT2D eigenvalue weighted by molar-refractivity contribution is 5.75. The van der Waals surface area contributed by atoms with Crippen molar-refractivity contribution in [1.82, 2.24) is 9.55 Å². The summed E-state index contributed by atoms with van der Waals surface area (Å²) in [6.45, 7) is 0.431. The van der Waals surface area contributed by atoms with Crippen LogP contribution in [0.2, 0.25) is 0 Å². The van der Waals surface area contributed by atoms with Crippen LogP contribution in [0.3, 0.4) is 0 Å². The third-order valence-corrected chi connectivity index (χ3v) is 3.56. The van der Waals surface area contributed by atoms with E-state index in [1.54, 1.807) is 30.6 Å². The molecule has 5 heteroatoms. The van der Waals surface area contributed by atoms with Gasteiger partial charge in [0.15, 0.2) is 11.5 Å². The molecule has 0 unspecified atom stereocenters. The van der Waals surface area contributed by atoms with Gasteiger partial charge in [-0.3, -0.25) is 0 Å². The fourth-order valence-electron chi connectivity index (χ4n) is 2.42. The number of imidazole rings is 1. The summed E-state index contributed by atoms with van der Waals surface area (Å²) in [6.07, 6.45) is 3.50. The minimum atomic E-state index is 0.0729. The Morgan fingerprint density at radius 1 is 1.35 bits per heavy atom. The molecule has 3 aromatic rings. The van der Waals surface area contributed by atoms with E-state index in [9.17, 15) is 10.4 Å². The number of phenolic OH excluding ortho intramolecular Hbond substituents is 1. The van der Waals surface area contributed by atoms with Crippen molar-refractivity contribution in [2.75, 3.05) is 7.11 Å². The van der Waals surface area contributed by atoms with Gasteiger partial charge < -0.3 is 14.4 Å². The standard InChI is InChI=1S/C18H15N3O2/c1-23-18-9-13(6-7-17(18)22)8-14(10-19)11-21-12-20-15-4-2-3-5-16(15)21/h2-9,12,22H,11H2,1H3/b14-8-. The highest BCUT2D eigenvalue weighted by Gasteiger charge is 2.06. The SMILES string of the molecule is COc1cc(/C=C(/C#N)Cn2cnc3ccccc32)ccc1O. The molecule has 1 aromatic heterocycles. The zero-order valence-electron chi connectivity index (χ0n) is 12.6. The molecule has 0 radical (unpaired) electrons. The molecular weight excluding hydrogens is 290 g/mol. The number of hydrogen-bond donors (Lipinski definition) is 1. The lowest BCUT2D eigenvalue weighted by atomic mass is 10.1. The van der Waals surface area contributed by atoms with Gasteiger partial charge in [0.2, 0.25) is 0 Å². The lowest BCUT2D eigenvalue weighted by molar-refractivity contribution is 0.373. The molecule has 0 aliphatic heterocycles. The van der Waals surface area contributed by atoms with Crippen molar-refractivity contribution >= 4 is 17.1 Å². The number of benzene rings is 2. The van der Waals surface area contributed by atoms with Crippen molar-refractivity contribution in [3.05, 3.63) is 59.9 Å². The molecule has 5 nitrogen and oxygen atoms in total. The second-order valence-corrected chi connectivity index (χ2v) is 5.07. The van der Waals surface area contributed by atoms with E-state index in [4.69, 9.17) is 4.74 Å². The van der Waals surface area contributed by atoms with Crippen LogP contribution < -0.4 is 4.74 Å². The number of ether oxygens (including phenoxy) is 1. The molecule has 2 aromatic carbocycles. The van der Waals surface area contributed by atoms with E-state index in [-0.39, 0.29) is 5.75 Å². The van der Waals surface area contributed by atoms with Gasteiger partial charge in [0.1, 0.15) is 0 Å². The zero-order chi connectivity index (χ0) is 16.2. The Balaban J connectivity index is 1.92. The van der Waals surface area contributed by atoms with Gasteiger partial charge in [-0.15, -0.1) is 0 Å². The molecular formula is C18H15N3O2. The van der Waals surface area contributed by atoms with Crippen LogP contribution in [0.25, 0.3) is 17.1 Å². The summed E-state index contributed by atoms with van der Waals surface area (Å²) in [5.74, 6) is 0.452. The Hall–Kier alpha value is -3.26. The number of rotatable bonds is 4. The summed E-state index contributed by atoms with van der Waals surface area (Å²) in [4.78, 5) is 4.33. The van der Waals surface area contributed by atoms with Crippen LogP contribution in [0.4, 0.5) is 0 Å². The van der Waals surface area contributed by atoms with Crippen LogP contribution >= 0.6 is 0 Å². The summed E-state index contributed by atoms with van der Waals surface area (Å²) >= 11 is 0. The van der Waals surface area contributed by atoms with Crippen molar-refractivity contribution < 1.29 is 9.84 Å². The average Bonchev–Trinajstić information content (AvgIpc) is 2.99. The maximum Gasteiger partial charge on any atom is 0.161 e. The summed E-state index contributed by atoms with van der Waals surface area (Å²) in [6, 6.07) is 15.0. The fraction of sp³-hybridized carbons (Fsp3) is 0.111. The van der Waals surface area contributed by atoms with Gasteiger partial charge in [-0.05, 0) is 35.9 Å². The number of hydrogen-bond acceptors (Lipinski definition) is 4. The molecule has 23 heavy (non-hydrogen) atoms. The molecule has 0 saturated carbocycles. The topological polar surface area (TPSA) is 71.1 Å². The van der Waals surface area contributed by atoms with Gasteiger partial charge in [0.05, 0.1) is 37.1 Å². The van der Waals surface area contributed by atoms with E-state index in [1.807, 2.05) is 28.8 Å². The first-order chi connectivity index (χ1) is 11.2. The highest BCUT2D eigenvalue weighted by atomic mass is 16.5. The molecule has 0 atom stereocenters. The van der Waals surface area contributed by atoms with Gasteiger partial charge in [0.25, 0.3) is 0 Å². The molecule has 0 aliphatic carbocycles. The van der Waals surface area contributed by atoms with Crippen molar-refractivity contribution in [1.29, 1.82) is 5.26 Å². The second-order valence-electron chi connectivity index (χ2n) is 5.07. The highest BCUT2D eigenvalue weighted by Crippen LogP contribution is 2.27. The number of fused-ring (bicyclic) bond motifs is 1. The largest absolute Gasteiger partial charge is 0.504 e. The van der Waals surface area contributed by atoms with Crippen LogP contribution in [0.1, 0.15) is 5.56 Å². The van der Waals surface area contributed by atoms with Crippen LogP contribution in [0, 0.1) is 11.3 Å². The molecule has 0 spiro atoms. The molecule has 0 amide bonds. The van der Waals surface area contributed by atoms with Gasteiger partial charge in [-0.1, -0.05) is 18.2 Å². The van der Waals surface area contributed by atoms with Crippen molar-refractivity contribution in [3.8, 4) is 17.6 Å². The molecule has 3 rings (SSSR count). The van der Waals surface area contributed by atoms with Gasteiger partial charge >= 0.3 is 0 Å². The van der Waals surface area contributed by atoms with E-state index in [0.717, 1.165) is 16.6 Å². The van der Waals surface area contributed by atoms with Crippen LogP contribution in [0.5, 0.6) is 11.5 Å². The molecule has 0 saturated heterocycles. The molecule has 0 bridgehead atoms. The monoisotopic (exact) mass is 305 g/mol. The van der Waals surface area contributed by atoms with Crippen molar-refractivity contribution in [3.63, 3.8) is 0 Å². The fourth-order valence-corrected chi connectivity index (χ4v) is 2.42.